The third-order valence-corrected chi connectivity index (χ3v) is 22.4. The van der Waals surface area contributed by atoms with Crippen molar-refractivity contribution in [2.75, 3.05) is 19.0 Å². The molecule has 0 radical (unpaired) electrons. The highest BCUT2D eigenvalue weighted by molar-refractivity contribution is 6.78. The molecule has 2 aromatic carbocycles. The van der Waals surface area contributed by atoms with Crippen LogP contribution in [0.15, 0.2) is 42.6 Å². The fourth-order valence-corrected chi connectivity index (χ4v) is 13.8. The fourth-order valence-electron chi connectivity index (χ4n) is 7.55. The molecule has 60 heavy (non-hydrogen) atoms. The van der Waals surface area contributed by atoms with Crippen LogP contribution < -0.4 is 25.5 Å². The molecule has 0 saturated carbocycles. The fraction of sp³-hybridized carbons (Fsp3) is 0.581. The van der Waals surface area contributed by atoms with E-state index in [4.69, 9.17) is 24.1 Å². The lowest BCUT2D eigenvalue weighted by atomic mass is 10.0. The van der Waals surface area contributed by atoms with Gasteiger partial charge in [-0.2, -0.15) is 0 Å². The summed E-state index contributed by atoms with van der Waals surface area (Å²) >= 11 is 0. The Morgan fingerprint density at radius 2 is 1.48 bits per heavy atom. The number of hydrogen-bond donors (Lipinski definition) is 3. The van der Waals surface area contributed by atoms with E-state index in [1.807, 2.05) is 0 Å². The zero-order valence-electron chi connectivity index (χ0n) is 38.1. The van der Waals surface area contributed by atoms with Gasteiger partial charge in [-0.3, -0.25) is 24.5 Å². The maximum Gasteiger partial charge on any atom is 0.405 e. The predicted octanol–water partition coefficient (Wildman–Crippen LogP) is 9.00. The van der Waals surface area contributed by atoms with E-state index in [2.05, 4.69) is 86.0 Å². The molecule has 0 aliphatic carbocycles. The Kier molecular flexibility index (Phi) is 16.3. The van der Waals surface area contributed by atoms with E-state index in [9.17, 15) is 29.3 Å². The monoisotopic (exact) mass is 869 g/mol. The number of methoxy groups -OCH3 is 1. The summed E-state index contributed by atoms with van der Waals surface area (Å²) < 4.78 is 24.2. The molecule has 17 heteroatoms. The number of carbonyl (C=O) groups excluding carboxylic acids is 4. The summed E-state index contributed by atoms with van der Waals surface area (Å²) in [6.45, 7) is 28.5. The second kappa shape index (κ2) is 19.8. The molecule has 0 spiro atoms. The van der Waals surface area contributed by atoms with Crippen LogP contribution >= 0.6 is 0 Å². The molecule has 1 heterocycles. The Bertz CT molecular complexity index is 1900. The number of benzene rings is 2. The van der Waals surface area contributed by atoms with E-state index in [1.54, 1.807) is 44.3 Å². The average molecular weight is 870 g/mol. The molecule has 2 aromatic rings. The first-order valence-corrected chi connectivity index (χ1v) is 25.6. The van der Waals surface area contributed by atoms with E-state index in [0.717, 1.165) is 11.1 Å². The van der Waals surface area contributed by atoms with Gasteiger partial charge in [-0.15, -0.1) is 0 Å². The van der Waals surface area contributed by atoms with Gasteiger partial charge in [-0.1, -0.05) is 88.3 Å². The van der Waals surface area contributed by atoms with Gasteiger partial charge < -0.3 is 39.6 Å². The second-order valence-electron chi connectivity index (χ2n) is 18.4. The summed E-state index contributed by atoms with van der Waals surface area (Å²) in [5.41, 5.74) is 7.16. The molecule has 4 N–H and O–H groups in total. The van der Waals surface area contributed by atoms with Gasteiger partial charge in [0, 0.05) is 18.0 Å². The van der Waals surface area contributed by atoms with Crippen LogP contribution in [0, 0.1) is 16.0 Å². The minimum atomic E-state index is -2.56. The standard InChI is InChI=1S/C43H67N5O10Si2/c1-25(2)38(57-42(44)52)40(50)45-29(9)39(49)46-32-18-16-30(17-19-32)31-20-33(24-56-59(14,15)43(10,11)12)47(23-31)41(51)34-21-36(55-13)37(22-35(34)48(53)54)58-60(26(3)4,27(5)6)28(7)8/h16-19,21-23,25-29,33,38H,20,24H2,1-15H3,(H2,44,52)(H,45,50)(H,46,49). The first-order valence-electron chi connectivity index (χ1n) is 20.6. The Labute approximate surface area is 357 Å². The Morgan fingerprint density at radius 3 is 1.95 bits per heavy atom. The van der Waals surface area contributed by atoms with Crippen LogP contribution in [0.3, 0.4) is 0 Å². The van der Waals surface area contributed by atoms with Crippen molar-refractivity contribution in [1.29, 1.82) is 0 Å². The molecule has 0 bridgehead atoms. The van der Waals surface area contributed by atoms with Crippen molar-refractivity contribution in [3.63, 3.8) is 0 Å². The molecule has 4 amide bonds. The van der Waals surface area contributed by atoms with Crippen LogP contribution in [0.2, 0.25) is 34.8 Å². The average Bonchev–Trinajstić information content (AvgIpc) is 3.57. The minimum Gasteiger partial charge on any atom is -0.540 e. The zero-order valence-corrected chi connectivity index (χ0v) is 40.1. The van der Waals surface area contributed by atoms with Crippen molar-refractivity contribution >= 4 is 57.4 Å². The van der Waals surface area contributed by atoms with E-state index in [1.165, 1.54) is 31.1 Å². The quantitative estimate of drug-likeness (QED) is 0.0737. The lowest BCUT2D eigenvalue weighted by Crippen LogP contribution is -2.50. The zero-order chi connectivity index (χ0) is 45.7. The van der Waals surface area contributed by atoms with Gasteiger partial charge in [0.25, 0.3) is 25.8 Å². The third-order valence-electron chi connectivity index (χ3n) is 11.9. The van der Waals surface area contributed by atoms with Crippen LogP contribution in [0.5, 0.6) is 11.5 Å². The van der Waals surface area contributed by atoms with Crippen molar-refractivity contribution in [2.45, 2.75) is 142 Å². The summed E-state index contributed by atoms with van der Waals surface area (Å²) in [6, 6.07) is 8.29. The maximum absolute atomic E-state index is 14.7. The molecule has 0 fully saturated rings. The van der Waals surface area contributed by atoms with Gasteiger partial charge in [0.15, 0.2) is 25.9 Å². The van der Waals surface area contributed by atoms with E-state index in [-0.39, 0.29) is 56.9 Å². The number of ether oxygens (including phenoxy) is 2. The first-order chi connectivity index (χ1) is 27.7. The van der Waals surface area contributed by atoms with E-state index in [0.29, 0.717) is 12.1 Å². The molecule has 3 atom stereocenters. The van der Waals surface area contributed by atoms with Crippen LogP contribution in [-0.2, 0) is 18.8 Å². The van der Waals surface area contributed by atoms with Gasteiger partial charge >= 0.3 is 6.09 Å². The lowest BCUT2D eigenvalue weighted by molar-refractivity contribution is -0.385. The van der Waals surface area contributed by atoms with Crippen molar-refractivity contribution in [3.05, 3.63) is 63.8 Å². The highest BCUT2D eigenvalue weighted by atomic mass is 28.4. The number of rotatable bonds is 18. The summed E-state index contributed by atoms with van der Waals surface area (Å²) in [6.07, 6.45) is -0.145. The molecule has 15 nitrogen and oxygen atoms in total. The van der Waals surface area contributed by atoms with Crippen molar-refractivity contribution in [2.24, 2.45) is 11.7 Å². The molecule has 332 valence electrons. The number of nitro groups is 1. The number of primary amides is 1. The van der Waals surface area contributed by atoms with Crippen LogP contribution in [0.1, 0.15) is 105 Å². The Hall–Kier alpha value is -4.75. The molecular weight excluding hydrogens is 803 g/mol. The molecule has 3 unspecified atom stereocenters. The maximum atomic E-state index is 14.7. The minimum absolute atomic E-state index is 0.104. The number of nitrogens with two attached hydrogens (primary N) is 1. The third kappa shape index (κ3) is 11.3. The van der Waals surface area contributed by atoms with Crippen molar-refractivity contribution in [1.82, 2.24) is 10.2 Å². The lowest BCUT2D eigenvalue weighted by Gasteiger charge is -2.42. The smallest absolute Gasteiger partial charge is 0.405 e. The summed E-state index contributed by atoms with van der Waals surface area (Å²) in [5.74, 6) is -1.62. The number of amides is 4. The molecule has 0 saturated heterocycles. The van der Waals surface area contributed by atoms with Crippen LogP contribution in [-0.4, -0.2) is 82.2 Å². The second-order valence-corrected chi connectivity index (χ2v) is 28.6. The molecule has 0 aromatic heterocycles. The topological polar surface area (TPSA) is 202 Å². The molecule has 3 rings (SSSR count). The van der Waals surface area contributed by atoms with E-state index >= 15 is 0 Å². The van der Waals surface area contributed by atoms with Crippen molar-refractivity contribution < 1.29 is 42.4 Å². The predicted molar refractivity (Wildman–Crippen MR) is 239 cm³/mol. The van der Waals surface area contributed by atoms with Crippen LogP contribution in [0.4, 0.5) is 16.2 Å². The summed E-state index contributed by atoms with van der Waals surface area (Å²) in [5, 5.41) is 18.0. The van der Waals surface area contributed by atoms with Gasteiger partial charge in [0.2, 0.25) is 5.91 Å². The number of hydrogen-bond acceptors (Lipinski definition) is 10. The van der Waals surface area contributed by atoms with Gasteiger partial charge in [-0.25, -0.2) is 4.79 Å². The highest BCUT2D eigenvalue weighted by Crippen LogP contribution is 2.47. The van der Waals surface area contributed by atoms with Crippen molar-refractivity contribution in [3.8, 4) is 11.5 Å². The normalized spacial score (nSPS) is 15.8. The highest BCUT2D eigenvalue weighted by Gasteiger charge is 2.48. The molecular formula is C43H67N5O10Si2. The Morgan fingerprint density at radius 1 is 0.917 bits per heavy atom. The number of anilines is 1. The van der Waals surface area contributed by atoms with Gasteiger partial charge in [0.05, 0.1) is 30.7 Å². The summed E-state index contributed by atoms with van der Waals surface area (Å²) in [4.78, 5) is 65.4. The SMILES string of the molecule is COc1cc(C(=O)N2C=C(c3ccc(NC(=O)C(C)NC(=O)C(OC(N)=O)C(C)C)cc3)CC2CO[Si](C)(C)C(C)(C)C)c([N+](=O)[O-])cc1O[Si](C(C)C)(C(C)C)C(C)C. The number of nitrogens with one attached hydrogen (secondary N) is 2. The van der Waals surface area contributed by atoms with E-state index < -0.39 is 63.6 Å². The number of carbonyl (C=O) groups is 4. The number of nitro benzene ring substituents is 1. The number of nitrogens with zero attached hydrogens (tertiary/aromatic N) is 2. The van der Waals surface area contributed by atoms with Gasteiger partial charge in [0.1, 0.15) is 11.6 Å². The van der Waals surface area contributed by atoms with Crippen LogP contribution in [0.25, 0.3) is 5.57 Å². The largest absolute Gasteiger partial charge is 0.540 e. The molecule has 1 aliphatic rings. The van der Waals surface area contributed by atoms with Gasteiger partial charge in [-0.05, 0) is 77.3 Å². The first kappa shape index (κ1) is 49.6. The Balaban J connectivity index is 2.01. The molecule has 1 aliphatic heterocycles. The summed E-state index contributed by atoms with van der Waals surface area (Å²) in [7, 11) is -3.38.